The fourth-order valence-electron chi connectivity index (χ4n) is 9.95. The minimum atomic E-state index is -2.73. The molecule has 8 heteroatoms. The zero-order valence-corrected chi connectivity index (χ0v) is 39.2. The number of aromatic nitrogens is 4. The van der Waals surface area contributed by atoms with Gasteiger partial charge in [-0.15, -0.1) is 48.1 Å². The second-order valence-electron chi connectivity index (χ2n) is 17.9. The summed E-state index contributed by atoms with van der Waals surface area (Å²) in [5.41, 5.74) is 6.79. The number of hydrogen-bond acceptors (Lipinski definition) is 4. The van der Waals surface area contributed by atoms with Gasteiger partial charge in [-0.05, 0) is 64.4 Å². The molecular weight excluding hydrogens is 1020 g/mol. The predicted molar refractivity (Wildman–Crippen MR) is 276 cm³/mol. The maximum absolute atomic E-state index is 9.20. The Kier molecular flexibility index (Phi) is 7.45. The number of para-hydroxylation sites is 5. The summed E-state index contributed by atoms with van der Waals surface area (Å²) in [7, 11) is 0. The van der Waals surface area contributed by atoms with E-state index in [0.717, 1.165) is 11.1 Å². The Morgan fingerprint density at radius 2 is 1.26 bits per heavy atom. The first kappa shape index (κ1) is 32.2. The van der Waals surface area contributed by atoms with Crippen molar-refractivity contribution in [2.75, 3.05) is 9.80 Å². The summed E-state index contributed by atoms with van der Waals surface area (Å²) < 4.78 is 102. The fraction of sp³-hybridized carbons (Fsp3) is 0.100. The van der Waals surface area contributed by atoms with Gasteiger partial charge >= 0.3 is 0 Å². The van der Waals surface area contributed by atoms with E-state index in [4.69, 9.17) is 15.2 Å². The van der Waals surface area contributed by atoms with Crippen LogP contribution in [-0.4, -0.2) is 18.7 Å². The molecule has 0 saturated carbocycles. The summed E-state index contributed by atoms with van der Waals surface area (Å²) >= 11 is 0. The molecule has 0 bridgehead atoms. The number of anilines is 4. The molecule has 0 amide bonds. The van der Waals surface area contributed by atoms with Gasteiger partial charge in [0.15, 0.2) is 0 Å². The van der Waals surface area contributed by atoms with E-state index in [9.17, 15) is 8.22 Å². The second-order valence-corrected chi connectivity index (χ2v) is 17.9. The smallest absolute Gasteiger partial charge is 0.135 e. The Morgan fingerprint density at radius 1 is 0.618 bits per heavy atom. The molecule has 12 aromatic rings. The van der Waals surface area contributed by atoms with Gasteiger partial charge < -0.3 is 28.2 Å². The van der Waals surface area contributed by atoms with Gasteiger partial charge in [-0.25, -0.2) is 4.98 Å². The van der Waals surface area contributed by atoms with Crippen LogP contribution in [0.15, 0.2) is 176 Å². The van der Waals surface area contributed by atoms with Crippen LogP contribution in [0.2, 0.25) is 0 Å². The van der Waals surface area contributed by atoms with Gasteiger partial charge in [0.1, 0.15) is 5.82 Å². The summed E-state index contributed by atoms with van der Waals surface area (Å²) in [5.74, 6) is 1.05. The van der Waals surface area contributed by atoms with E-state index in [2.05, 4.69) is 32.9 Å². The normalized spacial score (nSPS) is 15.3. The van der Waals surface area contributed by atoms with Gasteiger partial charge in [0.2, 0.25) is 0 Å². The molecule has 1 aliphatic rings. The Labute approximate surface area is 423 Å². The summed E-state index contributed by atoms with van der Waals surface area (Å²) in [5, 5.41) is 3.59. The van der Waals surface area contributed by atoms with E-state index in [1.54, 1.807) is 41.1 Å². The topological polar surface area (TPSA) is 43.4 Å². The number of pyridine rings is 1. The quantitative estimate of drug-likeness (QED) is 0.156. The Bertz CT molecular complexity index is 4330. The van der Waals surface area contributed by atoms with E-state index in [0.29, 0.717) is 99.8 Å². The molecule has 13 rings (SSSR count). The first-order chi connectivity index (χ1) is 36.8. The van der Waals surface area contributed by atoms with Gasteiger partial charge in [0.05, 0.1) is 22.2 Å². The summed E-state index contributed by atoms with van der Waals surface area (Å²) in [4.78, 5) is 8.52. The molecule has 0 radical (unpaired) electrons. The molecule has 334 valence electrons. The Hall–Kier alpha value is -7.60. The Balaban J connectivity index is 0.00000609. The van der Waals surface area contributed by atoms with Crippen LogP contribution in [0, 0.1) is 18.8 Å². The Morgan fingerprint density at radius 3 is 1.97 bits per heavy atom. The minimum Gasteiger partial charge on any atom is -0.509 e. The first-order valence-electron chi connectivity index (χ1n) is 27.1. The van der Waals surface area contributed by atoms with Gasteiger partial charge in [0.25, 0.3) is 0 Å². The standard InChI is InChI=1S/C60H45N6O.Pt/c1-60(2,3)39-32-33-61-53(34-39)66-49-27-14-9-22-43(49)44-31-30-42(36-52(44)66)67-41-21-17-20-40(35-41)64-37-65(51-29-16-15-28-50(51)64)59-57-55(45-23-10-12-25-47(45)62(57)4)54(38-18-7-6-8-19-38)56-46-24-11-13-26-48(46)63(5)58(56)59;/h6-34,37H,1-5H3;/q-3;/i4D3,5D3,9D,14D,22D,27D;. The molecule has 4 aromatic heterocycles. The zero-order valence-electron chi connectivity index (χ0n) is 46.9. The molecule has 0 spiro atoms. The molecule has 0 N–H and O–H groups in total. The van der Waals surface area contributed by atoms with E-state index in [1.165, 1.54) is 9.13 Å². The molecule has 0 aliphatic carbocycles. The third-order valence-electron chi connectivity index (χ3n) is 13.0. The third kappa shape index (κ3) is 6.25. The minimum absolute atomic E-state index is 0. The van der Waals surface area contributed by atoms with Crippen LogP contribution >= 0.6 is 0 Å². The fourth-order valence-corrected chi connectivity index (χ4v) is 9.95. The second kappa shape index (κ2) is 15.8. The molecule has 0 unspecified atom stereocenters. The van der Waals surface area contributed by atoms with Crippen molar-refractivity contribution in [2.24, 2.45) is 14.0 Å². The number of aryl methyl sites for hydroxylation is 2. The van der Waals surface area contributed by atoms with Gasteiger partial charge in [-0.1, -0.05) is 123 Å². The van der Waals surface area contributed by atoms with Crippen LogP contribution in [0.4, 0.5) is 22.7 Å². The van der Waals surface area contributed by atoms with Crippen molar-refractivity contribution in [3.05, 3.63) is 200 Å². The van der Waals surface area contributed by atoms with Crippen LogP contribution in [-0.2, 0) is 40.4 Å². The van der Waals surface area contributed by atoms with Crippen molar-refractivity contribution in [3.8, 4) is 28.4 Å². The number of rotatable bonds is 6. The average Bonchev–Trinajstić information content (AvgIpc) is 4.25. The number of fused-ring (bicyclic) bond motifs is 10. The molecule has 1 aliphatic heterocycles. The van der Waals surface area contributed by atoms with Crippen molar-refractivity contribution >= 4 is 88.2 Å². The maximum Gasteiger partial charge on any atom is 0.135 e. The monoisotopic (exact) mass is 1070 g/mol. The molecule has 5 heterocycles. The van der Waals surface area contributed by atoms with Crippen LogP contribution in [0.25, 0.3) is 82.4 Å². The number of hydrogen-bond donors (Lipinski definition) is 0. The van der Waals surface area contributed by atoms with Gasteiger partial charge in [-0.2, -0.15) is 12.1 Å². The van der Waals surface area contributed by atoms with Crippen LogP contribution in [0.1, 0.15) is 40.0 Å². The van der Waals surface area contributed by atoms with Crippen molar-refractivity contribution in [3.63, 3.8) is 0 Å². The number of ether oxygens (including phenoxy) is 1. The van der Waals surface area contributed by atoms with Crippen LogP contribution < -0.4 is 14.5 Å². The molecule has 0 saturated heterocycles. The van der Waals surface area contributed by atoms with Crippen molar-refractivity contribution in [1.82, 2.24) is 18.7 Å². The summed E-state index contributed by atoms with van der Waals surface area (Å²) in [6.07, 6.45) is 1.69. The largest absolute Gasteiger partial charge is 0.509 e. The van der Waals surface area contributed by atoms with E-state index in [-0.39, 0.29) is 61.9 Å². The molecule has 0 fully saturated rings. The number of benzene rings is 8. The molecule has 68 heavy (non-hydrogen) atoms. The van der Waals surface area contributed by atoms with Crippen LogP contribution in [0.3, 0.4) is 0 Å². The average molecular weight is 1070 g/mol. The molecule has 7 nitrogen and oxygen atoms in total. The maximum atomic E-state index is 9.20. The summed E-state index contributed by atoms with van der Waals surface area (Å²) in [6, 6.07) is 50.7. The van der Waals surface area contributed by atoms with Gasteiger partial charge in [-0.3, -0.25) is 0 Å². The predicted octanol–water partition coefficient (Wildman–Crippen LogP) is 15.2. The molecule has 8 aromatic carbocycles. The third-order valence-corrected chi connectivity index (χ3v) is 13.0. The number of nitrogens with zero attached hydrogens (tertiary/aromatic N) is 6. The van der Waals surface area contributed by atoms with Crippen molar-refractivity contribution < 1.29 is 39.5 Å². The molecule has 0 atom stereocenters. The van der Waals surface area contributed by atoms with E-state index in [1.807, 2.05) is 132 Å². The van der Waals surface area contributed by atoms with Crippen molar-refractivity contribution in [2.45, 2.75) is 26.2 Å². The molecular formula is C60H45N6OPt-3. The van der Waals surface area contributed by atoms with Crippen molar-refractivity contribution in [1.29, 1.82) is 0 Å². The van der Waals surface area contributed by atoms with Crippen LogP contribution in [0.5, 0.6) is 11.5 Å². The zero-order chi connectivity index (χ0) is 53.6. The SMILES string of the molecule is [2H]c1c([2H])c([2H])c2c(c1[2H])c1ccc(Oc3[c-]c(N4[CH-]N(c5c6c(c(-c7ccccc7)c7c8ccccc8n(C([2H])([2H])[2H])c57)c5ccccc5n6C([2H])([2H])[2H])c5ccccc54)ccc3)[c-]c1n2-c1cc(C(C)(C)C)ccn1.[Pt]. The first-order valence-corrected chi connectivity index (χ1v) is 22.1. The van der Waals surface area contributed by atoms with E-state index < -0.39 is 14.0 Å². The van der Waals surface area contributed by atoms with Gasteiger partial charge in [0, 0.05) is 116 Å². The van der Waals surface area contributed by atoms with E-state index >= 15 is 0 Å². The summed E-state index contributed by atoms with van der Waals surface area (Å²) in [6.45, 7) is 2.65.